The van der Waals surface area contributed by atoms with Crippen LogP contribution in [0.25, 0.3) is 0 Å². The van der Waals surface area contributed by atoms with Crippen LogP contribution in [-0.4, -0.2) is 28.9 Å². The normalized spacial score (nSPS) is 13.8. The monoisotopic (exact) mass is 404 g/mol. The van der Waals surface area contributed by atoms with Crippen LogP contribution in [-0.2, 0) is 0 Å². The highest BCUT2D eigenvalue weighted by atomic mass is 79.9. The minimum absolute atomic E-state index is 0.0468. The number of carbonyl (C=O) groups is 1. The minimum atomic E-state index is -0.438. The predicted molar refractivity (Wildman–Crippen MR) is 99.2 cm³/mol. The molecule has 1 aliphatic heterocycles. The number of halogens is 1. The van der Waals surface area contributed by atoms with Crippen molar-refractivity contribution < 1.29 is 9.72 Å². The van der Waals surface area contributed by atoms with Gasteiger partial charge in [-0.2, -0.15) is 0 Å². The van der Waals surface area contributed by atoms with Crippen molar-refractivity contribution in [3.05, 3.63) is 56.2 Å². The van der Waals surface area contributed by atoms with Gasteiger partial charge in [0.1, 0.15) is 11.5 Å². The van der Waals surface area contributed by atoms with E-state index in [-0.39, 0.29) is 11.3 Å². The van der Waals surface area contributed by atoms with Crippen LogP contribution in [0.4, 0.5) is 17.2 Å². The topological polar surface area (TPSA) is 88.4 Å². The number of nitro groups is 1. The summed E-state index contributed by atoms with van der Waals surface area (Å²) in [6, 6.07) is 8.05. The Bertz CT molecular complexity index is 835. The second-order valence-electron chi connectivity index (χ2n) is 5.87. The molecule has 0 unspecified atom stereocenters. The van der Waals surface area contributed by atoms with E-state index < -0.39 is 10.8 Å². The number of nitro benzene ring substituents is 1. The van der Waals surface area contributed by atoms with Crippen LogP contribution < -0.4 is 10.2 Å². The van der Waals surface area contributed by atoms with Crippen molar-refractivity contribution >= 4 is 39.0 Å². The number of rotatable bonds is 4. The minimum Gasteiger partial charge on any atom is -0.366 e. The summed E-state index contributed by atoms with van der Waals surface area (Å²) in [5, 5.41) is 14.1. The molecule has 0 atom stereocenters. The lowest BCUT2D eigenvalue weighted by molar-refractivity contribution is -0.384. The third kappa shape index (κ3) is 3.79. The first-order valence-electron chi connectivity index (χ1n) is 7.93. The summed E-state index contributed by atoms with van der Waals surface area (Å²) in [4.78, 5) is 29.6. The lowest BCUT2D eigenvalue weighted by Gasteiger charge is -2.17. The fraction of sp³-hybridized carbons (Fsp3) is 0.294. The van der Waals surface area contributed by atoms with Crippen molar-refractivity contribution in [2.24, 2.45) is 0 Å². The van der Waals surface area contributed by atoms with Gasteiger partial charge in [0.05, 0.1) is 10.6 Å². The van der Waals surface area contributed by atoms with Crippen LogP contribution in [0.5, 0.6) is 0 Å². The number of hydrogen-bond acceptors (Lipinski definition) is 5. The van der Waals surface area contributed by atoms with E-state index in [9.17, 15) is 14.9 Å². The molecule has 7 nitrogen and oxygen atoms in total. The van der Waals surface area contributed by atoms with Crippen molar-refractivity contribution in [2.75, 3.05) is 23.3 Å². The summed E-state index contributed by atoms with van der Waals surface area (Å²) in [6.45, 7) is 3.42. The average Bonchev–Trinajstić information content (AvgIpc) is 3.12. The van der Waals surface area contributed by atoms with Gasteiger partial charge in [-0.05, 0) is 60.0 Å². The molecule has 0 saturated carbocycles. The third-order valence-corrected chi connectivity index (χ3v) is 4.98. The van der Waals surface area contributed by atoms with Crippen LogP contribution >= 0.6 is 15.9 Å². The lowest BCUT2D eigenvalue weighted by Crippen LogP contribution is -2.20. The van der Waals surface area contributed by atoms with Crippen molar-refractivity contribution in [1.29, 1.82) is 0 Å². The van der Waals surface area contributed by atoms with Gasteiger partial charge in [0.15, 0.2) is 0 Å². The number of aryl methyl sites for hydroxylation is 1. The molecule has 0 radical (unpaired) electrons. The Labute approximate surface area is 153 Å². The number of nitrogens with one attached hydrogen (secondary N) is 1. The summed E-state index contributed by atoms with van der Waals surface area (Å²) >= 11 is 3.35. The first kappa shape index (κ1) is 17.3. The molecule has 1 aromatic carbocycles. The Hall–Kier alpha value is -2.48. The number of aromatic nitrogens is 1. The van der Waals surface area contributed by atoms with E-state index in [4.69, 9.17) is 0 Å². The fourth-order valence-corrected chi connectivity index (χ4v) is 3.06. The lowest BCUT2D eigenvalue weighted by atomic mass is 10.1. The quantitative estimate of drug-likeness (QED) is 0.616. The predicted octanol–water partition coefficient (Wildman–Crippen LogP) is 3.91. The Balaban J connectivity index is 1.86. The van der Waals surface area contributed by atoms with Crippen LogP contribution in [0, 0.1) is 17.0 Å². The standard InChI is InChI=1S/C17H17BrN4O3/c1-11-13(18)5-7-16(19-11)20-17(23)12-4-6-14(15(10-12)22(24)25)21-8-2-3-9-21/h4-7,10H,2-3,8-9H2,1H3,(H,19,20,23). The highest BCUT2D eigenvalue weighted by Crippen LogP contribution is 2.31. The smallest absolute Gasteiger partial charge is 0.293 e. The van der Waals surface area contributed by atoms with Crippen LogP contribution in [0.15, 0.2) is 34.8 Å². The highest BCUT2D eigenvalue weighted by Gasteiger charge is 2.24. The van der Waals surface area contributed by atoms with Crippen molar-refractivity contribution in [2.45, 2.75) is 19.8 Å². The zero-order chi connectivity index (χ0) is 18.0. The molecule has 1 fully saturated rings. The summed E-state index contributed by atoms with van der Waals surface area (Å²) in [6.07, 6.45) is 2.04. The van der Waals surface area contributed by atoms with E-state index in [0.29, 0.717) is 11.5 Å². The SMILES string of the molecule is Cc1nc(NC(=O)c2ccc(N3CCCC3)c([N+](=O)[O-])c2)ccc1Br. The number of nitrogens with zero attached hydrogens (tertiary/aromatic N) is 3. The summed E-state index contributed by atoms with van der Waals surface area (Å²) in [7, 11) is 0. The molecule has 25 heavy (non-hydrogen) atoms. The van der Waals surface area contributed by atoms with Gasteiger partial charge >= 0.3 is 0 Å². The summed E-state index contributed by atoms with van der Waals surface area (Å²) < 4.78 is 0.844. The maximum absolute atomic E-state index is 12.4. The average molecular weight is 405 g/mol. The molecule has 1 N–H and O–H groups in total. The van der Waals surface area contributed by atoms with Crippen molar-refractivity contribution in [3.63, 3.8) is 0 Å². The first-order valence-corrected chi connectivity index (χ1v) is 8.73. The van der Waals surface area contributed by atoms with Crippen LogP contribution in [0.1, 0.15) is 28.9 Å². The molecular formula is C17H17BrN4O3. The number of hydrogen-bond donors (Lipinski definition) is 1. The van der Waals surface area contributed by atoms with E-state index in [1.807, 2.05) is 11.8 Å². The maximum atomic E-state index is 12.4. The molecule has 1 amide bonds. The molecule has 0 bridgehead atoms. The van der Waals surface area contributed by atoms with E-state index in [1.165, 1.54) is 6.07 Å². The van der Waals surface area contributed by atoms with E-state index in [1.54, 1.807) is 24.3 Å². The van der Waals surface area contributed by atoms with Gasteiger partial charge in [-0.3, -0.25) is 14.9 Å². The summed E-state index contributed by atoms with van der Waals surface area (Å²) in [5.41, 5.74) is 1.50. The van der Waals surface area contributed by atoms with Gasteiger partial charge in [-0.15, -0.1) is 0 Å². The van der Waals surface area contributed by atoms with Gasteiger partial charge in [0, 0.05) is 29.2 Å². The molecule has 8 heteroatoms. The number of carbonyl (C=O) groups excluding carboxylic acids is 1. The van der Waals surface area contributed by atoms with E-state index in [2.05, 4.69) is 26.2 Å². The van der Waals surface area contributed by atoms with Crippen LogP contribution in [0.3, 0.4) is 0 Å². The second kappa shape index (κ2) is 7.18. The molecule has 0 spiro atoms. The molecule has 1 aromatic heterocycles. The zero-order valence-corrected chi connectivity index (χ0v) is 15.2. The van der Waals surface area contributed by atoms with E-state index in [0.717, 1.165) is 36.1 Å². The summed E-state index contributed by atoms with van der Waals surface area (Å²) in [5.74, 6) is -0.0257. The van der Waals surface area contributed by atoms with Crippen molar-refractivity contribution in [3.8, 4) is 0 Å². The van der Waals surface area contributed by atoms with Gasteiger partial charge in [-0.1, -0.05) is 0 Å². The number of anilines is 2. The molecule has 0 aliphatic carbocycles. The van der Waals surface area contributed by atoms with Crippen molar-refractivity contribution in [1.82, 2.24) is 4.98 Å². The largest absolute Gasteiger partial charge is 0.366 e. The number of amides is 1. The Kier molecular flexibility index (Phi) is 4.98. The van der Waals surface area contributed by atoms with E-state index >= 15 is 0 Å². The van der Waals surface area contributed by atoms with Gasteiger partial charge in [0.2, 0.25) is 0 Å². The molecule has 2 heterocycles. The van der Waals surface area contributed by atoms with Gasteiger partial charge < -0.3 is 10.2 Å². The molecule has 130 valence electrons. The highest BCUT2D eigenvalue weighted by molar-refractivity contribution is 9.10. The third-order valence-electron chi connectivity index (χ3n) is 4.14. The van der Waals surface area contributed by atoms with Crippen LogP contribution in [0.2, 0.25) is 0 Å². The Morgan fingerprint density at radius 1 is 1.28 bits per heavy atom. The zero-order valence-electron chi connectivity index (χ0n) is 13.7. The Morgan fingerprint density at radius 2 is 2.00 bits per heavy atom. The second-order valence-corrected chi connectivity index (χ2v) is 6.73. The molecular weight excluding hydrogens is 388 g/mol. The maximum Gasteiger partial charge on any atom is 0.293 e. The number of benzene rings is 1. The van der Waals surface area contributed by atoms with Gasteiger partial charge in [-0.25, -0.2) is 4.98 Å². The molecule has 1 saturated heterocycles. The fourth-order valence-electron chi connectivity index (χ4n) is 2.84. The molecule has 2 aromatic rings. The first-order chi connectivity index (χ1) is 12.0. The van der Waals surface area contributed by atoms with Gasteiger partial charge in [0.25, 0.3) is 11.6 Å². The molecule has 1 aliphatic rings. The number of pyridine rings is 1. The Morgan fingerprint density at radius 3 is 2.64 bits per heavy atom. The molecule has 3 rings (SSSR count).